The van der Waals surface area contributed by atoms with Gasteiger partial charge in [0, 0.05) is 18.6 Å². The number of amides is 1. The van der Waals surface area contributed by atoms with Crippen molar-refractivity contribution in [2.75, 3.05) is 6.61 Å². The van der Waals surface area contributed by atoms with Crippen LogP contribution in [0.2, 0.25) is 0 Å². The lowest BCUT2D eigenvalue weighted by molar-refractivity contribution is -0.384. The number of hydrogen-bond acceptors (Lipinski definition) is 8. The summed E-state index contributed by atoms with van der Waals surface area (Å²) >= 11 is 0. The van der Waals surface area contributed by atoms with Crippen molar-refractivity contribution in [3.63, 3.8) is 0 Å². The van der Waals surface area contributed by atoms with E-state index in [1.807, 2.05) is 0 Å². The molecule has 2 rings (SSSR count). The van der Waals surface area contributed by atoms with Gasteiger partial charge in [0.15, 0.2) is 0 Å². The molecular weight excluding hydrogens is 420 g/mol. The van der Waals surface area contributed by atoms with Gasteiger partial charge >= 0.3 is 0 Å². The van der Waals surface area contributed by atoms with Crippen LogP contribution in [0.15, 0.2) is 24.3 Å². The number of hydrogen-bond donors (Lipinski definition) is 4. The Morgan fingerprint density at radius 1 is 1.09 bits per heavy atom. The summed E-state index contributed by atoms with van der Waals surface area (Å²) in [6, 6.07) is 4.15. The average Bonchev–Trinajstić information content (AvgIpc) is 2.78. The maximum Gasteiger partial charge on any atom is 0.269 e. The molecule has 0 aromatic heterocycles. The molecule has 1 aliphatic rings. The minimum atomic E-state index is -1.43. The summed E-state index contributed by atoms with van der Waals surface area (Å²) in [4.78, 5) is 22.7. The number of unbranched alkanes of at least 4 members (excludes halogenated alkanes) is 6. The molecule has 1 aromatic rings. The van der Waals surface area contributed by atoms with Crippen molar-refractivity contribution in [3.8, 4) is 5.75 Å². The zero-order chi connectivity index (χ0) is 23.5. The summed E-state index contributed by atoms with van der Waals surface area (Å²) in [5.74, 6) is -0.0923. The molecule has 180 valence electrons. The molecule has 4 N–H and O–H groups in total. The molecule has 10 heteroatoms. The molecular formula is C22H34N2O8. The molecule has 1 aliphatic heterocycles. The molecule has 0 aliphatic carbocycles. The lowest BCUT2D eigenvalue weighted by Gasteiger charge is -2.42. The Bertz CT molecular complexity index is 714. The van der Waals surface area contributed by atoms with E-state index in [2.05, 4.69) is 12.2 Å². The molecule has 1 heterocycles. The highest BCUT2D eigenvalue weighted by atomic mass is 16.7. The molecule has 0 spiro atoms. The predicted octanol–water partition coefficient (Wildman–Crippen LogP) is 2.04. The number of ether oxygens (including phenoxy) is 2. The fraction of sp³-hybridized carbons (Fsp3) is 0.682. The Labute approximate surface area is 187 Å². The van der Waals surface area contributed by atoms with Gasteiger partial charge in [0.25, 0.3) is 5.69 Å². The van der Waals surface area contributed by atoms with Crippen molar-refractivity contribution >= 4 is 11.6 Å². The third kappa shape index (κ3) is 7.70. The van der Waals surface area contributed by atoms with Crippen molar-refractivity contribution in [1.29, 1.82) is 0 Å². The van der Waals surface area contributed by atoms with Gasteiger partial charge in [-0.25, -0.2) is 0 Å². The van der Waals surface area contributed by atoms with E-state index in [0.717, 1.165) is 19.3 Å². The maximum atomic E-state index is 12.4. The molecule has 10 nitrogen and oxygen atoms in total. The summed E-state index contributed by atoms with van der Waals surface area (Å²) < 4.78 is 11.3. The van der Waals surface area contributed by atoms with E-state index in [-0.39, 0.29) is 23.8 Å². The topological polar surface area (TPSA) is 151 Å². The van der Waals surface area contributed by atoms with Crippen LogP contribution in [-0.2, 0) is 9.53 Å². The van der Waals surface area contributed by atoms with E-state index in [9.17, 15) is 30.2 Å². The number of carbonyl (C=O) groups excluding carboxylic acids is 1. The van der Waals surface area contributed by atoms with Crippen LogP contribution in [0.4, 0.5) is 5.69 Å². The molecule has 5 atom stereocenters. The summed E-state index contributed by atoms with van der Waals surface area (Å²) in [5, 5.41) is 43.6. The van der Waals surface area contributed by atoms with Crippen LogP contribution in [0.25, 0.3) is 0 Å². The number of aliphatic hydroxyl groups excluding tert-OH is 3. The molecule has 1 amide bonds. The SMILES string of the molecule is CCCCCCCCCC(=O)NC1C(Oc2ccc([N+](=O)[O-])cc2)OC(CO)C(O)C1O. The van der Waals surface area contributed by atoms with Crippen molar-refractivity contribution in [2.24, 2.45) is 0 Å². The monoisotopic (exact) mass is 454 g/mol. The molecule has 32 heavy (non-hydrogen) atoms. The number of nitrogens with one attached hydrogen (secondary N) is 1. The van der Waals surface area contributed by atoms with Gasteiger partial charge in [-0.15, -0.1) is 0 Å². The van der Waals surface area contributed by atoms with Crippen LogP contribution in [-0.4, -0.2) is 63.4 Å². The minimum Gasteiger partial charge on any atom is -0.463 e. The van der Waals surface area contributed by atoms with Crippen LogP contribution < -0.4 is 10.1 Å². The Hall–Kier alpha value is -2.27. The molecule has 1 saturated heterocycles. The second-order valence-electron chi connectivity index (χ2n) is 8.04. The smallest absolute Gasteiger partial charge is 0.269 e. The highest BCUT2D eigenvalue weighted by Crippen LogP contribution is 2.26. The zero-order valence-electron chi connectivity index (χ0n) is 18.4. The van der Waals surface area contributed by atoms with E-state index in [1.165, 1.54) is 43.5 Å². The van der Waals surface area contributed by atoms with Crippen molar-refractivity contribution in [1.82, 2.24) is 5.32 Å². The summed E-state index contributed by atoms with van der Waals surface area (Å²) in [6.07, 6.45) is 2.54. The van der Waals surface area contributed by atoms with Gasteiger partial charge in [-0.3, -0.25) is 14.9 Å². The Kier molecular flexibility index (Phi) is 10.8. The number of nitro groups is 1. The van der Waals surface area contributed by atoms with Gasteiger partial charge in [-0.05, 0) is 18.6 Å². The molecule has 5 unspecified atom stereocenters. The van der Waals surface area contributed by atoms with Gasteiger partial charge in [0.05, 0.1) is 11.5 Å². The first-order valence-electron chi connectivity index (χ1n) is 11.2. The van der Waals surface area contributed by atoms with Crippen LogP contribution in [0.5, 0.6) is 5.75 Å². The van der Waals surface area contributed by atoms with Crippen LogP contribution in [0, 0.1) is 10.1 Å². The highest BCUT2D eigenvalue weighted by Gasteiger charge is 2.46. The van der Waals surface area contributed by atoms with Crippen LogP contribution in [0.3, 0.4) is 0 Å². The van der Waals surface area contributed by atoms with E-state index in [4.69, 9.17) is 9.47 Å². The minimum absolute atomic E-state index is 0.120. The normalized spacial score (nSPS) is 25.3. The predicted molar refractivity (Wildman–Crippen MR) is 116 cm³/mol. The van der Waals surface area contributed by atoms with Gasteiger partial charge < -0.3 is 30.1 Å². The van der Waals surface area contributed by atoms with Gasteiger partial charge in [0.2, 0.25) is 12.2 Å². The highest BCUT2D eigenvalue weighted by molar-refractivity contribution is 5.76. The number of nitrogens with zero attached hydrogens (tertiary/aromatic N) is 1. The fourth-order valence-corrected chi connectivity index (χ4v) is 3.62. The molecule has 0 saturated carbocycles. The average molecular weight is 455 g/mol. The van der Waals surface area contributed by atoms with Crippen molar-refractivity contribution in [2.45, 2.75) is 88.9 Å². The number of benzene rings is 1. The summed E-state index contributed by atoms with van der Waals surface area (Å²) in [6.45, 7) is 1.60. The van der Waals surface area contributed by atoms with Gasteiger partial charge in [0.1, 0.15) is 30.1 Å². The second kappa shape index (κ2) is 13.3. The third-order valence-electron chi connectivity index (χ3n) is 5.52. The lowest BCUT2D eigenvalue weighted by Crippen LogP contribution is -2.65. The lowest BCUT2D eigenvalue weighted by atomic mass is 9.96. The van der Waals surface area contributed by atoms with Crippen LogP contribution in [0.1, 0.15) is 58.3 Å². The Morgan fingerprint density at radius 2 is 1.72 bits per heavy atom. The maximum absolute atomic E-state index is 12.4. The fourth-order valence-electron chi connectivity index (χ4n) is 3.62. The molecule has 0 radical (unpaired) electrons. The first-order chi connectivity index (χ1) is 15.4. The number of nitro benzene ring substituents is 1. The Morgan fingerprint density at radius 3 is 2.31 bits per heavy atom. The quantitative estimate of drug-likeness (QED) is 0.201. The summed E-state index contributed by atoms with van der Waals surface area (Å²) in [5.41, 5.74) is -0.120. The first kappa shape index (κ1) is 26.0. The van der Waals surface area contributed by atoms with Crippen molar-refractivity contribution in [3.05, 3.63) is 34.4 Å². The third-order valence-corrected chi connectivity index (χ3v) is 5.52. The first-order valence-corrected chi connectivity index (χ1v) is 11.2. The van der Waals surface area contributed by atoms with Gasteiger partial charge in [-0.2, -0.15) is 0 Å². The van der Waals surface area contributed by atoms with Crippen molar-refractivity contribution < 1.29 is 34.5 Å². The number of carbonyl (C=O) groups is 1. The van der Waals surface area contributed by atoms with Gasteiger partial charge in [-0.1, -0.05) is 45.4 Å². The molecule has 1 fully saturated rings. The zero-order valence-corrected chi connectivity index (χ0v) is 18.4. The number of rotatable bonds is 13. The van der Waals surface area contributed by atoms with E-state index in [0.29, 0.717) is 6.42 Å². The largest absolute Gasteiger partial charge is 0.463 e. The standard InChI is InChI=1S/C22H34N2O8/c1-2-3-4-5-6-7-8-9-18(26)23-19-21(28)20(27)17(14-25)32-22(19)31-16-12-10-15(11-13-16)24(29)30/h10-13,17,19-22,25,27-28H,2-9,14H2,1H3,(H,23,26). The van der Waals surface area contributed by atoms with E-state index < -0.39 is 42.2 Å². The second-order valence-corrected chi connectivity index (χ2v) is 8.04. The van der Waals surface area contributed by atoms with E-state index in [1.54, 1.807) is 0 Å². The number of non-ortho nitro benzene ring substituents is 1. The summed E-state index contributed by atoms with van der Waals surface area (Å²) in [7, 11) is 0. The molecule has 0 bridgehead atoms. The number of aliphatic hydroxyl groups is 3. The Balaban J connectivity index is 1.96. The van der Waals surface area contributed by atoms with E-state index >= 15 is 0 Å². The molecule has 1 aromatic carbocycles. The van der Waals surface area contributed by atoms with Crippen LogP contribution >= 0.6 is 0 Å².